The maximum atomic E-state index is 13.3. The van der Waals surface area contributed by atoms with Gasteiger partial charge in [-0.15, -0.1) is 0 Å². The molecule has 0 aromatic heterocycles. The first-order valence-corrected chi connectivity index (χ1v) is 5.79. The predicted molar refractivity (Wildman–Crippen MR) is 64.2 cm³/mol. The summed E-state index contributed by atoms with van der Waals surface area (Å²) in [7, 11) is 0. The van der Waals surface area contributed by atoms with Gasteiger partial charge in [-0.05, 0) is 19.1 Å². The Labute approximate surface area is 104 Å². The molecule has 0 aliphatic carbocycles. The molecule has 1 saturated heterocycles. The van der Waals surface area contributed by atoms with E-state index in [1.165, 1.54) is 6.07 Å². The first kappa shape index (κ1) is 12.9. The number of halogens is 2. The highest BCUT2D eigenvalue weighted by Gasteiger charge is 2.23. The minimum absolute atomic E-state index is 0.0122. The maximum absolute atomic E-state index is 13.3. The fourth-order valence-corrected chi connectivity index (χ4v) is 1.78. The second-order valence-electron chi connectivity index (χ2n) is 4.38. The highest BCUT2D eigenvalue weighted by atomic mass is 19.1. The Morgan fingerprint density at radius 3 is 2.72 bits per heavy atom. The lowest BCUT2D eigenvalue weighted by atomic mass is 10.1. The first-order valence-electron chi connectivity index (χ1n) is 5.79. The second-order valence-corrected chi connectivity index (χ2v) is 4.38. The Hall–Kier alpha value is -1.53. The normalized spacial score (nSPS) is 23.7. The van der Waals surface area contributed by atoms with Crippen molar-refractivity contribution in [3.8, 4) is 0 Å². The van der Waals surface area contributed by atoms with E-state index in [9.17, 15) is 13.6 Å². The summed E-state index contributed by atoms with van der Waals surface area (Å²) in [5.41, 5.74) is -0.0122. The van der Waals surface area contributed by atoms with Crippen molar-refractivity contribution in [2.45, 2.75) is 19.0 Å². The Morgan fingerprint density at radius 1 is 1.33 bits per heavy atom. The number of carbonyl (C=O) groups excluding carboxylic acids is 1. The number of anilines is 1. The Kier molecular flexibility index (Phi) is 3.88. The number of rotatable bonds is 2. The van der Waals surface area contributed by atoms with Crippen molar-refractivity contribution in [1.82, 2.24) is 10.6 Å². The van der Waals surface area contributed by atoms with Gasteiger partial charge in [0.15, 0.2) is 0 Å². The van der Waals surface area contributed by atoms with Crippen LogP contribution in [0.4, 0.5) is 14.5 Å². The number of hydrogen-bond acceptors (Lipinski definition) is 3. The largest absolute Gasteiger partial charge is 0.322 e. The van der Waals surface area contributed by atoms with Crippen LogP contribution >= 0.6 is 0 Å². The average Bonchev–Trinajstić information content (AvgIpc) is 2.33. The molecule has 0 saturated carbocycles. The summed E-state index contributed by atoms with van der Waals surface area (Å²) in [6.45, 7) is 3.15. The molecule has 0 bridgehead atoms. The number of piperazine rings is 1. The fraction of sp³-hybridized carbons (Fsp3) is 0.417. The number of carbonyl (C=O) groups is 1. The SMILES string of the molecule is CC1CNC(C(=O)Nc2ccc(F)cc2F)CN1. The van der Waals surface area contributed by atoms with Crippen molar-refractivity contribution < 1.29 is 13.6 Å². The zero-order chi connectivity index (χ0) is 13.1. The molecule has 3 N–H and O–H groups in total. The molecular weight excluding hydrogens is 240 g/mol. The van der Waals surface area contributed by atoms with Gasteiger partial charge in [0, 0.05) is 25.2 Å². The molecule has 1 aromatic carbocycles. The quantitative estimate of drug-likeness (QED) is 0.734. The van der Waals surface area contributed by atoms with Crippen LogP contribution in [0.1, 0.15) is 6.92 Å². The third-order valence-corrected chi connectivity index (χ3v) is 2.85. The molecule has 6 heteroatoms. The van der Waals surface area contributed by atoms with Crippen molar-refractivity contribution in [3.63, 3.8) is 0 Å². The number of benzene rings is 1. The van der Waals surface area contributed by atoms with Crippen LogP contribution in [0.3, 0.4) is 0 Å². The van der Waals surface area contributed by atoms with E-state index in [2.05, 4.69) is 16.0 Å². The van der Waals surface area contributed by atoms with Crippen molar-refractivity contribution >= 4 is 11.6 Å². The van der Waals surface area contributed by atoms with Gasteiger partial charge in [0.25, 0.3) is 0 Å². The monoisotopic (exact) mass is 255 g/mol. The van der Waals surface area contributed by atoms with Gasteiger partial charge in [0.2, 0.25) is 5.91 Å². The highest BCUT2D eigenvalue weighted by molar-refractivity contribution is 5.95. The molecule has 2 rings (SSSR count). The Morgan fingerprint density at radius 2 is 2.11 bits per heavy atom. The van der Waals surface area contributed by atoms with Crippen LogP contribution < -0.4 is 16.0 Å². The Balaban J connectivity index is 1.98. The molecule has 1 aliphatic heterocycles. The van der Waals surface area contributed by atoms with Crippen molar-refractivity contribution in [2.75, 3.05) is 18.4 Å². The summed E-state index contributed by atoms with van der Waals surface area (Å²) in [5, 5.41) is 8.63. The van der Waals surface area contributed by atoms with E-state index in [4.69, 9.17) is 0 Å². The van der Waals surface area contributed by atoms with Gasteiger partial charge in [-0.3, -0.25) is 4.79 Å². The lowest BCUT2D eigenvalue weighted by Crippen LogP contribution is -2.57. The highest BCUT2D eigenvalue weighted by Crippen LogP contribution is 2.15. The van der Waals surface area contributed by atoms with E-state index in [1.54, 1.807) is 0 Å². The van der Waals surface area contributed by atoms with E-state index >= 15 is 0 Å². The summed E-state index contributed by atoms with van der Waals surface area (Å²) in [4.78, 5) is 11.8. The summed E-state index contributed by atoms with van der Waals surface area (Å²) in [5.74, 6) is -1.78. The van der Waals surface area contributed by atoms with Gasteiger partial charge in [0.1, 0.15) is 11.6 Å². The second kappa shape index (κ2) is 5.41. The predicted octanol–water partition coefficient (Wildman–Crippen LogP) is 0.853. The van der Waals surface area contributed by atoms with E-state index in [0.29, 0.717) is 19.1 Å². The van der Waals surface area contributed by atoms with Crippen LogP contribution in [0, 0.1) is 11.6 Å². The molecule has 1 amide bonds. The molecule has 1 aliphatic rings. The van der Waals surface area contributed by atoms with Gasteiger partial charge in [-0.2, -0.15) is 0 Å². The van der Waals surface area contributed by atoms with Crippen LogP contribution in [0.15, 0.2) is 18.2 Å². The molecule has 98 valence electrons. The zero-order valence-corrected chi connectivity index (χ0v) is 9.97. The van der Waals surface area contributed by atoms with Crippen molar-refractivity contribution in [1.29, 1.82) is 0 Å². The van der Waals surface area contributed by atoms with Gasteiger partial charge in [-0.1, -0.05) is 0 Å². The molecule has 1 aromatic rings. The van der Waals surface area contributed by atoms with Crippen LogP contribution in [-0.4, -0.2) is 31.1 Å². The minimum Gasteiger partial charge on any atom is -0.322 e. The number of hydrogen-bond donors (Lipinski definition) is 3. The van der Waals surface area contributed by atoms with Crippen LogP contribution in [0.2, 0.25) is 0 Å². The van der Waals surface area contributed by atoms with Crippen molar-refractivity contribution in [3.05, 3.63) is 29.8 Å². The Bertz CT molecular complexity index is 445. The summed E-state index contributed by atoms with van der Waals surface area (Å²) in [6.07, 6.45) is 0. The molecule has 1 heterocycles. The smallest absolute Gasteiger partial charge is 0.242 e. The average molecular weight is 255 g/mol. The van der Waals surface area contributed by atoms with E-state index in [1.807, 2.05) is 6.92 Å². The fourth-order valence-electron chi connectivity index (χ4n) is 1.78. The van der Waals surface area contributed by atoms with Crippen LogP contribution in [-0.2, 0) is 4.79 Å². The lowest BCUT2D eigenvalue weighted by molar-refractivity contribution is -0.118. The summed E-state index contributed by atoms with van der Waals surface area (Å²) < 4.78 is 26.1. The summed E-state index contributed by atoms with van der Waals surface area (Å²) in [6, 6.07) is 2.95. The zero-order valence-electron chi connectivity index (χ0n) is 9.97. The van der Waals surface area contributed by atoms with E-state index in [-0.39, 0.29) is 11.6 Å². The van der Waals surface area contributed by atoms with Gasteiger partial charge >= 0.3 is 0 Å². The standard InChI is InChI=1S/C12H15F2N3O/c1-7-5-16-11(6-15-7)12(18)17-10-3-2-8(13)4-9(10)14/h2-4,7,11,15-16H,5-6H2,1H3,(H,17,18). The minimum atomic E-state index is -0.777. The molecule has 0 spiro atoms. The molecule has 2 atom stereocenters. The molecule has 0 radical (unpaired) electrons. The first-order chi connectivity index (χ1) is 8.56. The molecular formula is C12H15F2N3O. The molecule has 1 fully saturated rings. The number of nitrogens with one attached hydrogen (secondary N) is 3. The van der Waals surface area contributed by atoms with Gasteiger partial charge in [0.05, 0.1) is 11.7 Å². The third kappa shape index (κ3) is 3.02. The lowest BCUT2D eigenvalue weighted by Gasteiger charge is -2.28. The topological polar surface area (TPSA) is 53.2 Å². The molecule has 4 nitrogen and oxygen atoms in total. The van der Waals surface area contributed by atoms with Gasteiger partial charge in [-0.25, -0.2) is 8.78 Å². The summed E-state index contributed by atoms with van der Waals surface area (Å²) >= 11 is 0. The third-order valence-electron chi connectivity index (χ3n) is 2.85. The van der Waals surface area contributed by atoms with Gasteiger partial charge < -0.3 is 16.0 Å². The van der Waals surface area contributed by atoms with E-state index < -0.39 is 17.7 Å². The number of amides is 1. The van der Waals surface area contributed by atoms with Crippen LogP contribution in [0.5, 0.6) is 0 Å². The molecule has 2 unspecified atom stereocenters. The van der Waals surface area contributed by atoms with Crippen LogP contribution in [0.25, 0.3) is 0 Å². The maximum Gasteiger partial charge on any atom is 0.242 e. The molecule has 18 heavy (non-hydrogen) atoms. The van der Waals surface area contributed by atoms with E-state index in [0.717, 1.165) is 12.1 Å². The van der Waals surface area contributed by atoms with Crippen molar-refractivity contribution in [2.24, 2.45) is 0 Å².